The lowest BCUT2D eigenvalue weighted by Crippen LogP contribution is -2.30. The van der Waals surface area contributed by atoms with Crippen LogP contribution in [0.2, 0.25) is 0 Å². The second-order valence-corrected chi connectivity index (χ2v) is 5.84. The largest absolute Gasteiger partial charge is 0.447 e. The maximum atomic E-state index is 12.4. The van der Waals surface area contributed by atoms with E-state index in [9.17, 15) is 19.7 Å². The fourth-order valence-corrected chi connectivity index (χ4v) is 2.50. The van der Waals surface area contributed by atoms with E-state index in [0.29, 0.717) is 5.69 Å². The first-order valence-electron chi connectivity index (χ1n) is 8.36. The zero-order valence-corrected chi connectivity index (χ0v) is 14.8. The normalized spacial score (nSPS) is 11.5. The molecular weight excluding hydrogens is 364 g/mol. The third kappa shape index (κ3) is 4.24. The van der Waals surface area contributed by atoms with Gasteiger partial charge in [-0.1, -0.05) is 48.5 Å². The summed E-state index contributed by atoms with van der Waals surface area (Å²) < 4.78 is 9.82. The molecule has 0 saturated carbocycles. The number of para-hydroxylation sites is 1. The van der Waals surface area contributed by atoms with E-state index in [1.165, 1.54) is 6.92 Å². The zero-order chi connectivity index (χ0) is 20.1. The van der Waals surface area contributed by atoms with E-state index < -0.39 is 28.8 Å². The second kappa shape index (κ2) is 8.17. The minimum Gasteiger partial charge on any atom is -0.447 e. The van der Waals surface area contributed by atoms with Crippen molar-refractivity contribution in [3.05, 3.63) is 82.6 Å². The summed E-state index contributed by atoms with van der Waals surface area (Å²) in [6, 6.07) is 18.9. The highest BCUT2D eigenvalue weighted by Gasteiger charge is 2.24. The van der Waals surface area contributed by atoms with Gasteiger partial charge in [-0.2, -0.15) is 0 Å². The lowest BCUT2D eigenvalue weighted by Gasteiger charge is -2.15. The first kappa shape index (κ1) is 18.8. The Balaban J connectivity index is 1.69. The van der Waals surface area contributed by atoms with E-state index >= 15 is 0 Å². The van der Waals surface area contributed by atoms with Crippen LogP contribution in [0.15, 0.2) is 71.1 Å². The van der Waals surface area contributed by atoms with Crippen molar-refractivity contribution in [3.63, 3.8) is 0 Å². The molecule has 0 radical (unpaired) electrons. The molecule has 142 valence electrons. The molecule has 0 saturated heterocycles. The molecule has 1 amide bonds. The molecule has 3 rings (SSSR count). The van der Waals surface area contributed by atoms with Gasteiger partial charge in [0.05, 0.1) is 6.07 Å². The summed E-state index contributed by atoms with van der Waals surface area (Å²) in [7, 11) is 0. The Morgan fingerprint density at radius 3 is 2.39 bits per heavy atom. The molecule has 0 bridgehead atoms. The smallest absolute Gasteiger partial charge is 0.433 e. The lowest BCUT2D eigenvalue weighted by atomic mass is 10.0. The number of hydrogen-bond donors (Lipinski definition) is 1. The van der Waals surface area contributed by atoms with Gasteiger partial charge in [0.1, 0.15) is 4.92 Å². The topological polar surface area (TPSA) is 112 Å². The molecule has 0 fully saturated rings. The van der Waals surface area contributed by atoms with Crippen molar-refractivity contribution in [2.45, 2.75) is 13.0 Å². The van der Waals surface area contributed by atoms with Crippen LogP contribution in [-0.2, 0) is 9.53 Å². The first-order chi connectivity index (χ1) is 13.5. The first-order valence-corrected chi connectivity index (χ1v) is 8.36. The van der Waals surface area contributed by atoms with Crippen LogP contribution in [0.5, 0.6) is 0 Å². The molecule has 28 heavy (non-hydrogen) atoms. The van der Waals surface area contributed by atoms with Crippen molar-refractivity contribution in [2.75, 3.05) is 5.32 Å². The molecule has 1 heterocycles. The molecule has 1 atom stereocenters. The highest BCUT2D eigenvalue weighted by molar-refractivity contribution is 5.99. The molecule has 2 aromatic carbocycles. The Kier molecular flexibility index (Phi) is 5.50. The molecule has 1 aromatic heterocycles. The minimum atomic E-state index is -1.14. The maximum Gasteiger partial charge on any atom is 0.433 e. The molecule has 1 N–H and O–H groups in total. The Morgan fingerprint density at radius 1 is 1.04 bits per heavy atom. The summed E-state index contributed by atoms with van der Waals surface area (Å²) in [5, 5.41) is 13.3. The van der Waals surface area contributed by atoms with Gasteiger partial charge in [0.2, 0.25) is 5.76 Å². The van der Waals surface area contributed by atoms with Crippen LogP contribution in [0.25, 0.3) is 11.1 Å². The molecule has 0 unspecified atom stereocenters. The van der Waals surface area contributed by atoms with Gasteiger partial charge in [-0.3, -0.25) is 14.9 Å². The van der Waals surface area contributed by atoms with Crippen LogP contribution >= 0.6 is 0 Å². The summed E-state index contributed by atoms with van der Waals surface area (Å²) in [4.78, 5) is 34.3. The van der Waals surface area contributed by atoms with Crippen molar-refractivity contribution in [1.82, 2.24) is 0 Å². The number of esters is 1. The average molecular weight is 380 g/mol. The van der Waals surface area contributed by atoms with Gasteiger partial charge in [0, 0.05) is 11.3 Å². The van der Waals surface area contributed by atoms with Crippen molar-refractivity contribution in [1.29, 1.82) is 0 Å². The van der Waals surface area contributed by atoms with E-state index in [2.05, 4.69) is 5.32 Å². The van der Waals surface area contributed by atoms with E-state index in [1.54, 1.807) is 12.1 Å². The van der Waals surface area contributed by atoms with Gasteiger partial charge in [0.25, 0.3) is 5.91 Å². The monoisotopic (exact) mass is 380 g/mol. The summed E-state index contributed by atoms with van der Waals surface area (Å²) in [5.74, 6) is -2.44. The van der Waals surface area contributed by atoms with Gasteiger partial charge in [-0.25, -0.2) is 4.79 Å². The number of carbonyl (C=O) groups excluding carboxylic acids is 2. The molecule has 0 spiro atoms. The van der Waals surface area contributed by atoms with Gasteiger partial charge >= 0.3 is 11.9 Å². The van der Waals surface area contributed by atoms with E-state index in [4.69, 9.17) is 9.15 Å². The summed E-state index contributed by atoms with van der Waals surface area (Å²) in [6.07, 6.45) is -1.14. The van der Waals surface area contributed by atoms with Crippen LogP contribution in [0.1, 0.15) is 17.5 Å². The summed E-state index contributed by atoms with van der Waals surface area (Å²) in [6.45, 7) is 1.40. The number of furan rings is 1. The standard InChI is InChI=1S/C20H16N2O6/c1-13(27-20(24)17-11-12-18(28-17)22(25)26)19(23)21-16-10-6-5-9-15(16)14-7-3-2-4-8-14/h2-13H,1H3,(H,21,23)/t13-/m1/s1. The van der Waals surface area contributed by atoms with Gasteiger partial charge < -0.3 is 14.5 Å². The predicted octanol–water partition coefficient (Wildman–Crippen LogP) is 4.04. The molecule has 0 aliphatic heterocycles. The van der Waals surface area contributed by atoms with Crippen molar-refractivity contribution in [3.8, 4) is 11.1 Å². The molecule has 8 heteroatoms. The van der Waals surface area contributed by atoms with Gasteiger partial charge in [0.15, 0.2) is 6.10 Å². The van der Waals surface area contributed by atoms with Crippen LogP contribution in [-0.4, -0.2) is 22.9 Å². The Morgan fingerprint density at radius 2 is 1.71 bits per heavy atom. The lowest BCUT2D eigenvalue weighted by molar-refractivity contribution is -0.402. The van der Waals surface area contributed by atoms with E-state index in [1.807, 2.05) is 42.5 Å². The van der Waals surface area contributed by atoms with Crippen molar-refractivity contribution >= 4 is 23.4 Å². The highest BCUT2D eigenvalue weighted by atomic mass is 16.7. The number of amides is 1. The molecule has 0 aliphatic carbocycles. The number of nitro groups is 1. The second-order valence-electron chi connectivity index (χ2n) is 5.84. The fraction of sp³-hybridized carbons (Fsp3) is 0.100. The van der Waals surface area contributed by atoms with Gasteiger partial charge in [-0.15, -0.1) is 0 Å². The maximum absolute atomic E-state index is 12.4. The quantitative estimate of drug-likeness (QED) is 0.392. The van der Waals surface area contributed by atoms with Crippen LogP contribution in [0.3, 0.4) is 0 Å². The van der Waals surface area contributed by atoms with Gasteiger partial charge in [-0.05, 0) is 24.6 Å². The van der Waals surface area contributed by atoms with Crippen LogP contribution in [0, 0.1) is 10.1 Å². The third-order valence-corrected chi connectivity index (χ3v) is 3.90. The van der Waals surface area contributed by atoms with Crippen molar-refractivity contribution < 1.29 is 23.7 Å². The molecule has 3 aromatic rings. The molecular formula is C20H16N2O6. The molecule has 0 aliphatic rings. The average Bonchev–Trinajstić information content (AvgIpc) is 3.20. The Hall–Kier alpha value is -3.94. The summed E-state index contributed by atoms with van der Waals surface area (Å²) >= 11 is 0. The molecule has 8 nitrogen and oxygen atoms in total. The Labute approximate surface area is 159 Å². The van der Waals surface area contributed by atoms with E-state index in [-0.39, 0.29) is 5.76 Å². The number of carbonyl (C=O) groups is 2. The van der Waals surface area contributed by atoms with Crippen LogP contribution in [0.4, 0.5) is 11.6 Å². The number of anilines is 1. The van der Waals surface area contributed by atoms with Crippen LogP contribution < -0.4 is 5.32 Å². The number of nitrogens with one attached hydrogen (secondary N) is 1. The van der Waals surface area contributed by atoms with E-state index in [0.717, 1.165) is 23.3 Å². The minimum absolute atomic E-state index is 0.351. The fourth-order valence-electron chi connectivity index (χ4n) is 2.50. The Bertz CT molecular complexity index is 1010. The number of nitrogens with zero attached hydrogens (tertiary/aromatic N) is 1. The zero-order valence-electron chi connectivity index (χ0n) is 14.8. The number of benzene rings is 2. The highest BCUT2D eigenvalue weighted by Crippen LogP contribution is 2.27. The number of hydrogen-bond acceptors (Lipinski definition) is 6. The summed E-state index contributed by atoms with van der Waals surface area (Å²) in [5.41, 5.74) is 2.30. The predicted molar refractivity (Wildman–Crippen MR) is 101 cm³/mol. The third-order valence-electron chi connectivity index (χ3n) is 3.90. The SMILES string of the molecule is C[C@@H](OC(=O)c1ccc([N+](=O)[O-])o1)C(=O)Nc1ccccc1-c1ccccc1. The number of rotatable bonds is 6. The number of ether oxygens (including phenoxy) is 1. The van der Waals surface area contributed by atoms with Crippen molar-refractivity contribution in [2.24, 2.45) is 0 Å².